The van der Waals surface area contributed by atoms with E-state index in [1.807, 2.05) is 11.0 Å². The molecule has 2 aliphatic heterocycles. The maximum atomic E-state index is 12.9. The first-order valence-electron chi connectivity index (χ1n) is 7.58. The Morgan fingerprint density at radius 3 is 2.67 bits per heavy atom. The van der Waals surface area contributed by atoms with E-state index in [9.17, 15) is 4.79 Å². The van der Waals surface area contributed by atoms with Crippen molar-refractivity contribution in [3.63, 3.8) is 0 Å². The second-order valence-electron chi connectivity index (χ2n) is 6.04. The molecule has 3 heterocycles. The van der Waals surface area contributed by atoms with Crippen molar-refractivity contribution in [3.8, 4) is 0 Å². The van der Waals surface area contributed by atoms with Crippen LogP contribution in [0.1, 0.15) is 19.8 Å². The molecular formula is C15H22N4O2. The number of hydrogen-bond donors (Lipinski definition) is 0. The van der Waals surface area contributed by atoms with Gasteiger partial charge in [-0.1, -0.05) is 0 Å². The van der Waals surface area contributed by atoms with Crippen LogP contribution in [-0.2, 0) is 9.53 Å². The summed E-state index contributed by atoms with van der Waals surface area (Å²) in [6, 6.07) is 1.81. The summed E-state index contributed by atoms with van der Waals surface area (Å²) < 4.78 is 5.34. The maximum absolute atomic E-state index is 12.9. The van der Waals surface area contributed by atoms with Crippen LogP contribution >= 0.6 is 0 Å². The van der Waals surface area contributed by atoms with Crippen LogP contribution in [0.3, 0.4) is 0 Å². The van der Waals surface area contributed by atoms with Gasteiger partial charge in [0.2, 0.25) is 11.9 Å². The van der Waals surface area contributed by atoms with E-state index >= 15 is 0 Å². The Balaban J connectivity index is 1.73. The molecular weight excluding hydrogens is 268 g/mol. The van der Waals surface area contributed by atoms with Crippen LogP contribution in [0.4, 0.5) is 5.95 Å². The van der Waals surface area contributed by atoms with Gasteiger partial charge in [-0.15, -0.1) is 0 Å². The molecule has 114 valence electrons. The first-order chi connectivity index (χ1) is 10.2. The fourth-order valence-electron chi connectivity index (χ4n) is 3.19. The van der Waals surface area contributed by atoms with Crippen LogP contribution in [-0.4, -0.2) is 60.2 Å². The Morgan fingerprint density at radius 1 is 1.24 bits per heavy atom. The lowest BCUT2D eigenvalue weighted by molar-refractivity contribution is -0.146. The molecule has 2 fully saturated rings. The Bertz CT molecular complexity index is 490. The summed E-state index contributed by atoms with van der Waals surface area (Å²) in [4.78, 5) is 25.5. The van der Waals surface area contributed by atoms with Gasteiger partial charge in [0, 0.05) is 38.6 Å². The van der Waals surface area contributed by atoms with E-state index in [2.05, 4.69) is 21.8 Å². The number of carbonyl (C=O) groups is 1. The number of carbonyl (C=O) groups excluding carboxylic acids is 1. The lowest BCUT2D eigenvalue weighted by atomic mass is 9.80. The molecule has 2 saturated heterocycles. The molecule has 0 N–H and O–H groups in total. The van der Waals surface area contributed by atoms with Gasteiger partial charge in [-0.3, -0.25) is 4.79 Å². The first kappa shape index (κ1) is 14.3. The molecule has 0 saturated carbocycles. The lowest BCUT2D eigenvalue weighted by Crippen LogP contribution is -2.54. The molecule has 0 unspecified atom stereocenters. The minimum absolute atomic E-state index is 0.242. The highest BCUT2D eigenvalue weighted by Crippen LogP contribution is 2.33. The van der Waals surface area contributed by atoms with Gasteiger partial charge in [0.05, 0.1) is 18.6 Å². The van der Waals surface area contributed by atoms with E-state index < -0.39 is 0 Å². The van der Waals surface area contributed by atoms with Crippen molar-refractivity contribution in [2.45, 2.75) is 19.8 Å². The van der Waals surface area contributed by atoms with Crippen molar-refractivity contribution in [2.75, 3.05) is 44.3 Å². The highest BCUT2D eigenvalue weighted by molar-refractivity contribution is 5.83. The highest BCUT2D eigenvalue weighted by Gasteiger charge is 2.41. The second-order valence-corrected chi connectivity index (χ2v) is 6.04. The summed E-state index contributed by atoms with van der Waals surface area (Å²) in [7, 11) is 0. The number of rotatable bonds is 2. The predicted octanol–water partition coefficient (Wildman–Crippen LogP) is 0.942. The van der Waals surface area contributed by atoms with Crippen LogP contribution in [0.2, 0.25) is 0 Å². The van der Waals surface area contributed by atoms with Crippen LogP contribution < -0.4 is 4.90 Å². The molecule has 6 heteroatoms. The number of amides is 1. The summed E-state index contributed by atoms with van der Waals surface area (Å²) in [5, 5.41) is 0. The molecule has 1 amide bonds. The highest BCUT2D eigenvalue weighted by atomic mass is 16.5. The second kappa shape index (κ2) is 5.97. The summed E-state index contributed by atoms with van der Waals surface area (Å²) in [5.41, 5.74) is -0.352. The third-order valence-electron chi connectivity index (χ3n) is 4.35. The van der Waals surface area contributed by atoms with Crippen LogP contribution in [0, 0.1) is 5.41 Å². The van der Waals surface area contributed by atoms with Crippen molar-refractivity contribution in [3.05, 3.63) is 18.5 Å². The molecule has 1 atom stereocenters. The average molecular weight is 290 g/mol. The minimum atomic E-state index is -0.352. The normalized spacial score (nSPS) is 26.7. The summed E-state index contributed by atoms with van der Waals surface area (Å²) in [5.74, 6) is 0.963. The standard InChI is InChI=1S/C15H22N4O2/c1-15(13(20)18-8-10-21-11-9-18)4-2-7-19(12-15)14-16-5-3-6-17-14/h3,5-6H,2,4,7-12H2,1H3/t15-/m0/s1. The third-order valence-corrected chi connectivity index (χ3v) is 4.35. The topological polar surface area (TPSA) is 58.6 Å². The average Bonchev–Trinajstić information content (AvgIpc) is 2.56. The number of morpholine rings is 1. The Hall–Kier alpha value is -1.69. The molecule has 2 aliphatic rings. The van der Waals surface area contributed by atoms with Crippen molar-refractivity contribution in [1.82, 2.24) is 14.9 Å². The van der Waals surface area contributed by atoms with E-state index in [-0.39, 0.29) is 11.3 Å². The molecule has 3 rings (SSSR count). The SMILES string of the molecule is C[C@]1(C(=O)N2CCOCC2)CCCN(c2ncccn2)C1. The van der Waals surface area contributed by atoms with Crippen molar-refractivity contribution in [2.24, 2.45) is 5.41 Å². The molecule has 0 aromatic carbocycles. The van der Waals surface area contributed by atoms with Crippen molar-refractivity contribution < 1.29 is 9.53 Å². The van der Waals surface area contributed by atoms with Crippen LogP contribution in [0.15, 0.2) is 18.5 Å². The number of anilines is 1. The van der Waals surface area contributed by atoms with Crippen LogP contribution in [0.5, 0.6) is 0 Å². The smallest absolute Gasteiger partial charge is 0.230 e. The number of hydrogen-bond acceptors (Lipinski definition) is 5. The summed E-state index contributed by atoms with van der Waals surface area (Å²) in [6.07, 6.45) is 5.41. The van der Waals surface area contributed by atoms with Crippen LogP contribution in [0.25, 0.3) is 0 Å². The fourth-order valence-corrected chi connectivity index (χ4v) is 3.19. The number of piperidine rings is 1. The van der Waals surface area contributed by atoms with E-state index in [4.69, 9.17) is 4.74 Å². The fraction of sp³-hybridized carbons (Fsp3) is 0.667. The number of ether oxygens (including phenoxy) is 1. The minimum Gasteiger partial charge on any atom is -0.378 e. The molecule has 1 aromatic rings. The quantitative estimate of drug-likeness (QED) is 0.811. The van der Waals surface area contributed by atoms with Gasteiger partial charge >= 0.3 is 0 Å². The number of nitrogens with zero attached hydrogens (tertiary/aromatic N) is 4. The molecule has 0 bridgehead atoms. The lowest BCUT2D eigenvalue weighted by Gasteiger charge is -2.42. The Labute approximate surface area is 125 Å². The Kier molecular flexibility index (Phi) is 4.05. The van der Waals surface area contributed by atoms with Gasteiger partial charge in [0.1, 0.15) is 0 Å². The first-order valence-corrected chi connectivity index (χ1v) is 7.58. The van der Waals surface area contributed by atoms with Gasteiger partial charge < -0.3 is 14.5 Å². The van der Waals surface area contributed by atoms with Gasteiger partial charge in [-0.2, -0.15) is 0 Å². The molecule has 0 radical (unpaired) electrons. The monoisotopic (exact) mass is 290 g/mol. The van der Waals surface area contributed by atoms with E-state index in [0.29, 0.717) is 32.8 Å². The third kappa shape index (κ3) is 3.00. The molecule has 21 heavy (non-hydrogen) atoms. The van der Waals surface area contributed by atoms with E-state index in [0.717, 1.165) is 25.3 Å². The number of aromatic nitrogens is 2. The predicted molar refractivity (Wildman–Crippen MR) is 79.0 cm³/mol. The zero-order valence-corrected chi connectivity index (χ0v) is 12.5. The molecule has 1 aromatic heterocycles. The van der Waals surface area contributed by atoms with Gasteiger partial charge in [-0.25, -0.2) is 9.97 Å². The largest absolute Gasteiger partial charge is 0.378 e. The van der Waals surface area contributed by atoms with Crippen molar-refractivity contribution >= 4 is 11.9 Å². The van der Waals surface area contributed by atoms with Gasteiger partial charge in [-0.05, 0) is 25.8 Å². The summed E-state index contributed by atoms with van der Waals surface area (Å²) in [6.45, 7) is 6.37. The molecule has 6 nitrogen and oxygen atoms in total. The molecule has 0 aliphatic carbocycles. The molecule has 0 spiro atoms. The summed E-state index contributed by atoms with van der Waals surface area (Å²) >= 11 is 0. The van der Waals surface area contributed by atoms with E-state index in [1.54, 1.807) is 12.4 Å². The zero-order valence-electron chi connectivity index (χ0n) is 12.5. The van der Waals surface area contributed by atoms with Gasteiger partial charge in [0.15, 0.2) is 0 Å². The van der Waals surface area contributed by atoms with E-state index in [1.165, 1.54) is 0 Å². The zero-order chi connectivity index (χ0) is 14.7. The Morgan fingerprint density at radius 2 is 1.95 bits per heavy atom. The maximum Gasteiger partial charge on any atom is 0.230 e. The van der Waals surface area contributed by atoms with Crippen molar-refractivity contribution in [1.29, 1.82) is 0 Å². The van der Waals surface area contributed by atoms with Gasteiger partial charge in [0.25, 0.3) is 0 Å².